The van der Waals surface area contributed by atoms with E-state index in [0.29, 0.717) is 10.6 Å². The first kappa shape index (κ1) is 20.0. The first-order valence-electron chi connectivity index (χ1n) is 9.38. The van der Waals surface area contributed by atoms with E-state index >= 15 is 0 Å². The molecule has 0 saturated carbocycles. The van der Waals surface area contributed by atoms with E-state index in [1.54, 1.807) is 31.0 Å². The molecule has 152 valence electrons. The molecule has 0 unspecified atom stereocenters. The van der Waals surface area contributed by atoms with Crippen LogP contribution in [0.1, 0.15) is 5.56 Å². The van der Waals surface area contributed by atoms with Gasteiger partial charge in [-0.3, -0.25) is 4.68 Å². The minimum absolute atomic E-state index is 0.196. The lowest BCUT2D eigenvalue weighted by molar-refractivity contribution is 0.415. The molecule has 0 aliphatic rings. The van der Waals surface area contributed by atoms with Crippen LogP contribution in [0.4, 0.5) is 4.39 Å². The summed E-state index contributed by atoms with van der Waals surface area (Å²) in [6.07, 6.45) is 0. The summed E-state index contributed by atoms with van der Waals surface area (Å²) < 4.78 is 26.9. The minimum Gasteiger partial charge on any atom is -0.497 e. The molecule has 0 saturated heterocycles. The van der Waals surface area contributed by atoms with Gasteiger partial charge >= 0.3 is 0 Å². The molecule has 0 amide bonds. The van der Waals surface area contributed by atoms with Crippen LogP contribution in [0.25, 0.3) is 22.5 Å². The molecule has 0 radical (unpaired) electrons. The van der Waals surface area contributed by atoms with E-state index in [9.17, 15) is 4.39 Å². The van der Waals surface area contributed by atoms with Crippen LogP contribution in [0.2, 0.25) is 5.02 Å². The van der Waals surface area contributed by atoms with Gasteiger partial charge in [-0.1, -0.05) is 41.9 Å². The number of nitrogens with zero attached hydrogens (tertiary/aromatic N) is 2. The number of rotatable bonds is 6. The van der Waals surface area contributed by atoms with Crippen molar-refractivity contribution in [1.29, 1.82) is 0 Å². The molecule has 0 fully saturated rings. The molecule has 0 aliphatic heterocycles. The van der Waals surface area contributed by atoms with Gasteiger partial charge in [0, 0.05) is 21.7 Å². The largest absolute Gasteiger partial charge is 0.497 e. The maximum atomic E-state index is 14.5. The number of aromatic nitrogens is 2. The van der Waals surface area contributed by atoms with Gasteiger partial charge in [0.25, 0.3) is 0 Å². The van der Waals surface area contributed by atoms with Crippen molar-refractivity contribution in [3.05, 3.63) is 89.2 Å². The van der Waals surface area contributed by atoms with Crippen LogP contribution in [-0.4, -0.2) is 24.0 Å². The molecule has 4 rings (SSSR count). The van der Waals surface area contributed by atoms with Crippen molar-refractivity contribution < 1.29 is 13.9 Å². The molecule has 3 aromatic carbocycles. The summed E-state index contributed by atoms with van der Waals surface area (Å²) >= 11 is 6.27. The maximum absolute atomic E-state index is 14.5. The second-order valence-electron chi connectivity index (χ2n) is 6.74. The third kappa shape index (κ3) is 4.02. The molecule has 0 atom stereocenters. The molecule has 6 heteroatoms. The number of halogens is 2. The molecule has 1 aromatic heterocycles. The lowest BCUT2D eigenvalue weighted by Crippen LogP contribution is -2.06. The van der Waals surface area contributed by atoms with E-state index in [0.717, 1.165) is 34.0 Å². The van der Waals surface area contributed by atoms with Crippen LogP contribution >= 0.6 is 11.6 Å². The van der Waals surface area contributed by atoms with Crippen molar-refractivity contribution in [2.45, 2.75) is 6.54 Å². The van der Waals surface area contributed by atoms with Gasteiger partial charge in [-0.15, -0.1) is 0 Å². The predicted molar refractivity (Wildman–Crippen MR) is 117 cm³/mol. The highest BCUT2D eigenvalue weighted by molar-refractivity contribution is 6.31. The number of methoxy groups -OCH3 is 2. The van der Waals surface area contributed by atoms with Crippen molar-refractivity contribution >= 4 is 11.6 Å². The minimum atomic E-state index is -0.363. The monoisotopic (exact) mass is 422 g/mol. The molecule has 30 heavy (non-hydrogen) atoms. The predicted octanol–water partition coefficient (Wildman–Crippen LogP) is 6.08. The van der Waals surface area contributed by atoms with Crippen LogP contribution in [0.15, 0.2) is 72.8 Å². The van der Waals surface area contributed by atoms with Crippen molar-refractivity contribution in [2.24, 2.45) is 0 Å². The first-order chi connectivity index (χ1) is 14.6. The Hall–Kier alpha value is -3.31. The van der Waals surface area contributed by atoms with Gasteiger partial charge in [0.15, 0.2) is 0 Å². The summed E-state index contributed by atoms with van der Waals surface area (Å²) in [6, 6.07) is 22.0. The zero-order valence-electron chi connectivity index (χ0n) is 16.6. The number of benzene rings is 3. The van der Waals surface area contributed by atoms with Crippen LogP contribution in [0.5, 0.6) is 11.5 Å². The Labute approximate surface area is 179 Å². The highest BCUT2D eigenvalue weighted by Crippen LogP contribution is 2.31. The molecule has 1 heterocycles. The van der Waals surface area contributed by atoms with Gasteiger partial charge in [0.1, 0.15) is 17.3 Å². The second-order valence-corrected chi connectivity index (χ2v) is 7.14. The Balaban J connectivity index is 1.85. The number of hydrogen-bond donors (Lipinski definition) is 0. The molecule has 4 aromatic rings. The summed E-state index contributed by atoms with van der Waals surface area (Å²) in [4.78, 5) is 0. The molecule has 0 spiro atoms. The average Bonchev–Trinajstić information content (AvgIpc) is 3.20. The molecule has 0 aliphatic carbocycles. The van der Waals surface area contributed by atoms with Gasteiger partial charge in [-0.25, -0.2) is 4.39 Å². The molecular formula is C24H20ClFN2O2. The summed E-state index contributed by atoms with van der Waals surface area (Å²) in [6.45, 7) is 0.196. The molecular weight excluding hydrogens is 403 g/mol. The third-order valence-corrected chi connectivity index (χ3v) is 5.23. The smallest absolute Gasteiger partial charge is 0.129 e. The van der Waals surface area contributed by atoms with Crippen LogP contribution in [0, 0.1) is 5.82 Å². The lowest BCUT2D eigenvalue weighted by Gasteiger charge is -2.11. The molecule has 0 bridgehead atoms. The van der Waals surface area contributed by atoms with Crippen LogP contribution < -0.4 is 9.47 Å². The first-order valence-corrected chi connectivity index (χ1v) is 9.76. The van der Waals surface area contributed by atoms with Crippen LogP contribution in [0.3, 0.4) is 0 Å². The summed E-state index contributed by atoms with van der Waals surface area (Å²) in [5.41, 5.74) is 3.77. The topological polar surface area (TPSA) is 36.3 Å². The van der Waals surface area contributed by atoms with Gasteiger partial charge in [0.05, 0.1) is 32.2 Å². The van der Waals surface area contributed by atoms with Gasteiger partial charge in [-0.05, 0) is 42.5 Å². The Kier molecular flexibility index (Phi) is 5.72. The SMILES string of the molecule is COc1cccc(-c2cc(-c3cccc(OC)c3)n(Cc3c(F)cccc3Cl)n2)c1. The summed E-state index contributed by atoms with van der Waals surface area (Å²) in [5.74, 6) is 1.10. The zero-order valence-corrected chi connectivity index (χ0v) is 17.4. The van der Waals surface area contributed by atoms with E-state index < -0.39 is 0 Å². The van der Waals surface area contributed by atoms with Crippen molar-refractivity contribution in [3.63, 3.8) is 0 Å². The van der Waals surface area contributed by atoms with Crippen molar-refractivity contribution in [3.8, 4) is 34.0 Å². The third-order valence-electron chi connectivity index (χ3n) is 4.88. The Morgan fingerprint density at radius 2 is 1.50 bits per heavy atom. The lowest BCUT2D eigenvalue weighted by atomic mass is 10.1. The zero-order chi connectivity index (χ0) is 21.1. The van der Waals surface area contributed by atoms with Crippen molar-refractivity contribution in [2.75, 3.05) is 14.2 Å². The van der Waals surface area contributed by atoms with E-state index in [-0.39, 0.29) is 12.4 Å². The molecule has 0 N–H and O–H groups in total. The number of ether oxygens (including phenoxy) is 2. The van der Waals surface area contributed by atoms with E-state index in [2.05, 4.69) is 0 Å². The summed E-state index contributed by atoms with van der Waals surface area (Å²) in [5, 5.41) is 5.13. The van der Waals surface area contributed by atoms with Crippen molar-refractivity contribution in [1.82, 2.24) is 9.78 Å². The van der Waals surface area contributed by atoms with Crippen LogP contribution in [-0.2, 0) is 6.54 Å². The Bertz CT molecular complexity index is 1170. The molecule has 4 nitrogen and oxygen atoms in total. The van der Waals surface area contributed by atoms with Gasteiger partial charge in [-0.2, -0.15) is 5.10 Å². The average molecular weight is 423 g/mol. The Morgan fingerprint density at radius 3 is 2.17 bits per heavy atom. The van der Waals surface area contributed by atoms with E-state index in [1.807, 2.05) is 54.6 Å². The van der Waals surface area contributed by atoms with E-state index in [1.165, 1.54) is 6.07 Å². The summed E-state index contributed by atoms with van der Waals surface area (Å²) in [7, 11) is 3.25. The highest BCUT2D eigenvalue weighted by Gasteiger charge is 2.16. The fraction of sp³-hybridized carbons (Fsp3) is 0.125. The second kappa shape index (κ2) is 8.59. The quantitative estimate of drug-likeness (QED) is 0.378. The highest BCUT2D eigenvalue weighted by atomic mass is 35.5. The fourth-order valence-corrected chi connectivity index (χ4v) is 3.53. The Morgan fingerprint density at radius 1 is 0.867 bits per heavy atom. The van der Waals surface area contributed by atoms with Gasteiger partial charge < -0.3 is 9.47 Å². The van der Waals surface area contributed by atoms with E-state index in [4.69, 9.17) is 26.2 Å². The maximum Gasteiger partial charge on any atom is 0.129 e. The fourth-order valence-electron chi connectivity index (χ4n) is 3.31. The normalized spacial score (nSPS) is 10.8. The standard InChI is InChI=1S/C24H20ClFN2O2/c1-29-18-8-3-6-16(12-18)23-14-24(17-7-4-9-19(13-17)30-2)28(27-23)15-20-21(25)10-5-11-22(20)26/h3-14H,15H2,1-2H3. The van der Waals surface area contributed by atoms with Gasteiger partial charge in [0.2, 0.25) is 0 Å². The number of hydrogen-bond acceptors (Lipinski definition) is 3.